The van der Waals surface area contributed by atoms with Gasteiger partial charge in [0.1, 0.15) is 0 Å². The van der Waals surface area contributed by atoms with Gasteiger partial charge in [-0.15, -0.1) is 0 Å². The molecular formula is C19H26N2O4. The first-order chi connectivity index (χ1) is 12.0. The van der Waals surface area contributed by atoms with Crippen LogP contribution in [0.5, 0.6) is 11.5 Å². The molecule has 6 nitrogen and oxygen atoms in total. The monoisotopic (exact) mass is 346 g/mol. The van der Waals surface area contributed by atoms with Crippen molar-refractivity contribution in [3.8, 4) is 11.5 Å². The van der Waals surface area contributed by atoms with E-state index in [4.69, 9.17) is 15.2 Å². The van der Waals surface area contributed by atoms with Gasteiger partial charge in [0.05, 0.1) is 19.1 Å². The Morgan fingerprint density at radius 1 is 1.12 bits per heavy atom. The number of nitrogens with two attached hydrogens (primary N) is 1. The largest absolute Gasteiger partial charge is 0.490 e. The molecule has 2 aliphatic rings. The van der Waals surface area contributed by atoms with Crippen LogP contribution in [-0.4, -0.2) is 31.1 Å². The molecule has 2 amide bonds. The van der Waals surface area contributed by atoms with Gasteiger partial charge in [0.25, 0.3) is 5.91 Å². The van der Waals surface area contributed by atoms with Crippen LogP contribution in [0.15, 0.2) is 18.2 Å². The van der Waals surface area contributed by atoms with Gasteiger partial charge in [-0.05, 0) is 63.1 Å². The van der Waals surface area contributed by atoms with Crippen LogP contribution in [0.2, 0.25) is 0 Å². The Morgan fingerprint density at radius 2 is 1.80 bits per heavy atom. The summed E-state index contributed by atoms with van der Waals surface area (Å²) in [6.07, 6.45) is 3.06. The number of amides is 2. The highest BCUT2D eigenvalue weighted by Crippen LogP contribution is 2.48. The number of primary amides is 1. The number of ether oxygens (including phenoxy) is 2. The molecule has 0 radical (unpaired) electrons. The van der Waals surface area contributed by atoms with Gasteiger partial charge in [0.15, 0.2) is 11.5 Å². The molecule has 0 saturated heterocycles. The summed E-state index contributed by atoms with van der Waals surface area (Å²) >= 11 is 0. The van der Waals surface area contributed by atoms with Gasteiger partial charge in [-0.3, -0.25) is 9.59 Å². The molecule has 2 fully saturated rings. The van der Waals surface area contributed by atoms with E-state index >= 15 is 0 Å². The molecule has 0 spiro atoms. The Balaban J connectivity index is 1.76. The van der Waals surface area contributed by atoms with Crippen molar-refractivity contribution >= 4 is 11.8 Å². The van der Waals surface area contributed by atoms with Crippen LogP contribution in [0.4, 0.5) is 0 Å². The normalized spacial score (nSPS) is 27.1. The molecule has 6 heteroatoms. The molecule has 3 N–H and O–H groups in total. The second-order valence-electron chi connectivity index (χ2n) is 6.79. The van der Waals surface area contributed by atoms with E-state index in [2.05, 4.69) is 5.32 Å². The predicted molar refractivity (Wildman–Crippen MR) is 93.5 cm³/mol. The quantitative estimate of drug-likeness (QED) is 0.791. The summed E-state index contributed by atoms with van der Waals surface area (Å²) in [4.78, 5) is 24.5. The van der Waals surface area contributed by atoms with Crippen molar-refractivity contribution in [2.45, 2.75) is 39.2 Å². The summed E-state index contributed by atoms with van der Waals surface area (Å²) in [5, 5.41) is 3.04. The molecule has 2 aliphatic carbocycles. The Morgan fingerprint density at radius 3 is 2.48 bits per heavy atom. The van der Waals surface area contributed by atoms with E-state index in [1.165, 1.54) is 0 Å². The fourth-order valence-electron chi connectivity index (χ4n) is 4.34. The molecule has 0 heterocycles. The summed E-state index contributed by atoms with van der Waals surface area (Å²) in [6, 6.07) is 4.99. The number of nitrogens with one attached hydrogen (secondary N) is 1. The van der Waals surface area contributed by atoms with E-state index < -0.39 is 0 Å². The lowest BCUT2D eigenvalue weighted by Crippen LogP contribution is -2.48. The van der Waals surface area contributed by atoms with Crippen molar-refractivity contribution in [3.63, 3.8) is 0 Å². The van der Waals surface area contributed by atoms with Crippen LogP contribution >= 0.6 is 0 Å². The van der Waals surface area contributed by atoms with Gasteiger partial charge < -0.3 is 20.5 Å². The zero-order valence-corrected chi connectivity index (χ0v) is 14.8. The highest BCUT2D eigenvalue weighted by Gasteiger charge is 2.50. The number of hydrogen-bond donors (Lipinski definition) is 2. The predicted octanol–water partition coefficient (Wildman–Crippen LogP) is 2.11. The van der Waals surface area contributed by atoms with E-state index in [-0.39, 0.29) is 23.8 Å². The summed E-state index contributed by atoms with van der Waals surface area (Å²) in [5.74, 6) is 1.07. The molecule has 2 saturated carbocycles. The molecular weight excluding hydrogens is 320 g/mol. The van der Waals surface area contributed by atoms with Crippen LogP contribution < -0.4 is 20.5 Å². The maximum atomic E-state index is 12.7. The number of hydrogen-bond acceptors (Lipinski definition) is 4. The van der Waals surface area contributed by atoms with Crippen molar-refractivity contribution in [1.82, 2.24) is 5.32 Å². The second kappa shape index (κ2) is 7.33. The highest BCUT2D eigenvalue weighted by atomic mass is 16.5. The third-order valence-corrected chi connectivity index (χ3v) is 5.35. The molecule has 4 unspecified atom stereocenters. The first kappa shape index (κ1) is 17.6. The molecule has 1 aromatic rings. The number of fused-ring (bicyclic) bond motifs is 2. The van der Waals surface area contributed by atoms with Crippen LogP contribution in [0.25, 0.3) is 0 Å². The minimum atomic E-state index is -0.306. The second-order valence-corrected chi connectivity index (χ2v) is 6.79. The maximum absolute atomic E-state index is 12.7. The van der Waals surface area contributed by atoms with Gasteiger partial charge in [-0.2, -0.15) is 0 Å². The lowest BCUT2D eigenvalue weighted by Gasteiger charge is -2.29. The summed E-state index contributed by atoms with van der Waals surface area (Å²) in [5.41, 5.74) is 6.08. The summed E-state index contributed by atoms with van der Waals surface area (Å²) in [7, 11) is 0. The van der Waals surface area contributed by atoms with Gasteiger partial charge in [-0.25, -0.2) is 0 Å². The Labute approximate surface area is 148 Å². The molecule has 0 aromatic heterocycles. The molecule has 2 bridgehead atoms. The topological polar surface area (TPSA) is 90.6 Å². The SMILES string of the molecule is CCOc1ccc(C(=O)NC2C3CCC(C3)C2C(N)=O)cc1OCC. The van der Waals surface area contributed by atoms with E-state index in [0.717, 1.165) is 19.3 Å². The van der Waals surface area contributed by atoms with Crippen molar-refractivity contribution in [1.29, 1.82) is 0 Å². The van der Waals surface area contributed by atoms with Crippen LogP contribution in [0.1, 0.15) is 43.5 Å². The molecule has 1 aromatic carbocycles. The fraction of sp³-hybridized carbons (Fsp3) is 0.579. The number of carbonyl (C=O) groups excluding carboxylic acids is 2. The number of benzene rings is 1. The number of carbonyl (C=O) groups is 2. The summed E-state index contributed by atoms with van der Waals surface area (Å²) < 4.78 is 11.1. The van der Waals surface area contributed by atoms with Crippen molar-refractivity contribution in [2.75, 3.05) is 13.2 Å². The van der Waals surface area contributed by atoms with Crippen molar-refractivity contribution < 1.29 is 19.1 Å². The molecule has 136 valence electrons. The fourth-order valence-corrected chi connectivity index (χ4v) is 4.34. The first-order valence-electron chi connectivity index (χ1n) is 9.05. The average Bonchev–Trinajstić information content (AvgIpc) is 3.18. The molecule has 25 heavy (non-hydrogen) atoms. The molecule has 3 rings (SSSR count). The average molecular weight is 346 g/mol. The Kier molecular flexibility index (Phi) is 5.16. The standard InChI is InChI=1S/C19H26N2O4/c1-3-24-14-8-7-13(10-15(14)25-4-2)19(23)21-17-12-6-5-11(9-12)16(17)18(20)22/h7-8,10-12,16-17H,3-6,9H2,1-2H3,(H2,20,22)(H,21,23). The van der Waals surface area contributed by atoms with Crippen LogP contribution in [0, 0.1) is 17.8 Å². The smallest absolute Gasteiger partial charge is 0.251 e. The molecule has 4 atom stereocenters. The van der Waals surface area contributed by atoms with Crippen LogP contribution in [-0.2, 0) is 4.79 Å². The third-order valence-electron chi connectivity index (χ3n) is 5.35. The first-order valence-corrected chi connectivity index (χ1v) is 9.05. The van der Waals surface area contributed by atoms with Gasteiger partial charge in [0, 0.05) is 11.6 Å². The minimum absolute atomic E-state index is 0.161. The Bertz CT molecular complexity index is 661. The Hall–Kier alpha value is -2.24. The maximum Gasteiger partial charge on any atom is 0.251 e. The molecule has 0 aliphatic heterocycles. The van der Waals surface area contributed by atoms with Gasteiger partial charge >= 0.3 is 0 Å². The highest BCUT2D eigenvalue weighted by molar-refractivity contribution is 5.95. The lowest BCUT2D eigenvalue weighted by molar-refractivity contribution is -0.124. The zero-order valence-electron chi connectivity index (χ0n) is 14.8. The zero-order chi connectivity index (χ0) is 18.0. The van der Waals surface area contributed by atoms with Gasteiger partial charge in [0.2, 0.25) is 5.91 Å². The van der Waals surface area contributed by atoms with Crippen LogP contribution in [0.3, 0.4) is 0 Å². The van der Waals surface area contributed by atoms with E-state index in [9.17, 15) is 9.59 Å². The van der Waals surface area contributed by atoms with Crippen molar-refractivity contribution in [2.24, 2.45) is 23.5 Å². The lowest BCUT2D eigenvalue weighted by atomic mass is 9.84. The minimum Gasteiger partial charge on any atom is -0.490 e. The van der Waals surface area contributed by atoms with Gasteiger partial charge in [-0.1, -0.05) is 0 Å². The van der Waals surface area contributed by atoms with E-state index in [0.29, 0.717) is 42.1 Å². The third kappa shape index (κ3) is 3.43. The van der Waals surface area contributed by atoms with Crippen molar-refractivity contribution in [3.05, 3.63) is 23.8 Å². The number of rotatable bonds is 7. The summed E-state index contributed by atoms with van der Waals surface area (Å²) in [6.45, 7) is 4.79. The van der Waals surface area contributed by atoms with E-state index in [1.54, 1.807) is 18.2 Å². The van der Waals surface area contributed by atoms with E-state index in [1.807, 2.05) is 13.8 Å².